The van der Waals surface area contributed by atoms with Crippen LogP contribution in [0.3, 0.4) is 0 Å². The Bertz CT molecular complexity index is 904. The highest BCUT2D eigenvalue weighted by Crippen LogP contribution is 2.33. The molecule has 0 bridgehead atoms. The van der Waals surface area contributed by atoms with Crippen LogP contribution in [0.15, 0.2) is 24.3 Å². The number of carbonyl (C=O) groups is 1. The third-order valence-corrected chi connectivity index (χ3v) is 5.09. The van der Waals surface area contributed by atoms with Crippen LogP contribution < -0.4 is 11.1 Å². The Hall–Kier alpha value is -2.31. The number of unbranched alkanes of at least 4 members (excludes halogenated alkanes) is 1. The molecule has 3 N–H and O–H groups in total. The third kappa shape index (κ3) is 3.86. The quantitative estimate of drug-likeness (QED) is 0.496. The SMILES string of the molecule is CCCCNCc1ccc(C)c(-c2nc(N)nc3sc(C=O)cc23)c1. The number of hydrogen-bond acceptors (Lipinski definition) is 6. The van der Waals surface area contributed by atoms with Crippen molar-refractivity contribution in [3.8, 4) is 11.3 Å². The summed E-state index contributed by atoms with van der Waals surface area (Å²) in [4.78, 5) is 21.2. The van der Waals surface area contributed by atoms with E-state index in [1.807, 2.05) is 6.07 Å². The summed E-state index contributed by atoms with van der Waals surface area (Å²) in [6, 6.07) is 8.22. The van der Waals surface area contributed by atoms with E-state index in [4.69, 9.17) is 5.73 Å². The summed E-state index contributed by atoms with van der Waals surface area (Å²) in [7, 11) is 0. The van der Waals surface area contributed by atoms with Gasteiger partial charge in [-0.25, -0.2) is 9.97 Å². The molecule has 1 aromatic carbocycles. The Kier molecular flexibility index (Phi) is 5.40. The summed E-state index contributed by atoms with van der Waals surface area (Å²) in [5.74, 6) is 0.229. The first-order valence-electron chi connectivity index (χ1n) is 8.45. The fourth-order valence-corrected chi connectivity index (χ4v) is 3.64. The van der Waals surface area contributed by atoms with Crippen LogP contribution in [0.2, 0.25) is 0 Å². The maximum Gasteiger partial charge on any atom is 0.221 e. The average molecular weight is 354 g/mol. The van der Waals surface area contributed by atoms with Gasteiger partial charge in [0.2, 0.25) is 5.95 Å². The molecule has 5 nitrogen and oxygen atoms in total. The van der Waals surface area contributed by atoms with Crippen LogP contribution in [-0.2, 0) is 6.54 Å². The van der Waals surface area contributed by atoms with E-state index in [9.17, 15) is 4.79 Å². The number of hydrogen-bond donors (Lipinski definition) is 2. The van der Waals surface area contributed by atoms with Crippen LogP contribution in [0.1, 0.15) is 40.6 Å². The fraction of sp³-hybridized carbons (Fsp3) is 0.316. The molecule has 0 amide bonds. The smallest absolute Gasteiger partial charge is 0.221 e. The molecule has 0 aliphatic rings. The summed E-state index contributed by atoms with van der Waals surface area (Å²) in [5, 5.41) is 4.34. The van der Waals surface area contributed by atoms with Gasteiger partial charge in [-0.3, -0.25) is 4.79 Å². The van der Waals surface area contributed by atoms with E-state index in [1.165, 1.54) is 29.7 Å². The lowest BCUT2D eigenvalue weighted by Gasteiger charge is -2.11. The van der Waals surface area contributed by atoms with Gasteiger partial charge in [0.15, 0.2) is 6.29 Å². The van der Waals surface area contributed by atoms with Gasteiger partial charge in [0.25, 0.3) is 0 Å². The number of nitrogens with two attached hydrogens (primary N) is 1. The number of nitrogen functional groups attached to an aromatic ring is 1. The van der Waals surface area contributed by atoms with Crippen molar-refractivity contribution in [2.75, 3.05) is 12.3 Å². The number of thiophene rings is 1. The van der Waals surface area contributed by atoms with Crippen LogP contribution >= 0.6 is 11.3 Å². The first-order chi connectivity index (χ1) is 12.1. The normalized spacial score (nSPS) is 11.1. The van der Waals surface area contributed by atoms with E-state index in [1.54, 1.807) is 0 Å². The van der Waals surface area contributed by atoms with Crippen LogP contribution in [-0.4, -0.2) is 22.8 Å². The predicted molar refractivity (Wildman–Crippen MR) is 104 cm³/mol. The van der Waals surface area contributed by atoms with E-state index < -0.39 is 0 Å². The van der Waals surface area contributed by atoms with Gasteiger partial charge in [-0.1, -0.05) is 25.5 Å². The molecule has 6 heteroatoms. The van der Waals surface area contributed by atoms with E-state index in [0.717, 1.165) is 46.4 Å². The number of carbonyl (C=O) groups excluding carboxylic acids is 1. The van der Waals surface area contributed by atoms with Gasteiger partial charge in [0, 0.05) is 17.5 Å². The Balaban J connectivity index is 2.02. The highest BCUT2D eigenvalue weighted by Gasteiger charge is 2.14. The van der Waals surface area contributed by atoms with Crippen molar-refractivity contribution in [1.29, 1.82) is 0 Å². The second kappa shape index (κ2) is 7.72. The first-order valence-corrected chi connectivity index (χ1v) is 9.27. The lowest BCUT2D eigenvalue weighted by atomic mass is 10.00. The Morgan fingerprint density at radius 3 is 2.88 bits per heavy atom. The molecule has 2 heterocycles. The van der Waals surface area contributed by atoms with Crippen LogP contribution in [0.4, 0.5) is 5.95 Å². The first kappa shape index (κ1) is 17.5. The van der Waals surface area contributed by atoms with Gasteiger partial charge in [-0.05, 0) is 43.1 Å². The Morgan fingerprint density at radius 1 is 1.28 bits per heavy atom. The zero-order chi connectivity index (χ0) is 17.8. The van der Waals surface area contributed by atoms with Gasteiger partial charge >= 0.3 is 0 Å². The molecular formula is C19H22N4OS. The summed E-state index contributed by atoms with van der Waals surface area (Å²) >= 11 is 1.34. The van der Waals surface area contributed by atoms with E-state index in [2.05, 4.69) is 47.3 Å². The molecule has 25 heavy (non-hydrogen) atoms. The van der Waals surface area contributed by atoms with Crippen molar-refractivity contribution in [3.05, 3.63) is 40.3 Å². The second-order valence-electron chi connectivity index (χ2n) is 6.10. The van der Waals surface area contributed by atoms with E-state index in [0.29, 0.717) is 4.88 Å². The maximum absolute atomic E-state index is 11.1. The van der Waals surface area contributed by atoms with Gasteiger partial charge in [-0.15, -0.1) is 11.3 Å². The van der Waals surface area contributed by atoms with Gasteiger partial charge in [0.05, 0.1) is 10.6 Å². The zero-order valence-electron chi connectivity index (χ0n) is 14.5. The lowest BCUT2D eigenvalue weighted by molar-refractivity contribution is 0.112. The average Bonchev–Trinajstić information content (AvgIpc) is 3.02. The summed E-state index contributed by atoms with van der Waals surface area (Å²) < 4.78 is 0. The molecule has 0 atom stereocenters. The number of fused-ring (bicyclic) bond motifs is 1. The van der Waals surface area contributed by atoms with E-state index >= 15 is 0 Å². The fourth-order valence-electron chi connectivity index (χ4n) is 2.79. The van der Waals surface area contributed by atoms with Crippen LogP contribution in [0.25, 0.3) is 21.5 Å². The number of aromatic nitrogens is 2. The topological polar surface area (TPSA) is 80.9 Å². The van der Waals surface area contributed by atoms with Crippen molar-refractivity contribution in [3.63, 3.8) is 0 Å². The molecule has 130 valence electrons. The molecule has 3 rings (SSSR count). The van der Waals surface area contributed by atoms with E-state index in [-0.39, 0.29) is 5.95 Å². The van der Waals surface area contributed by atoms with Crippen molar-refractivity contribution in [2.24, 2.45) is 0 Å². The minimum Gasteiger partial charge on any atom is -0.368 e. The molecule has 0 radical (unpaired) electrons. The molecule has 3 aromatic rings. The number of rotatable bonds is 7. The molecule has 0 aliphatic heterocycles. The van der Waals surface area contributed by atoms with Crippen molar-refractivity contribution in [1.82, 2.24) is 15.3 Å². The zero-order valence-corrected chi connectivity index (χ0v) is 15.3. The van der Waals surface area contributed by atoms with Crippen molar-refractivity contribution >= 4 is 33.8 Å². The summed E-state index contributed by atoms with van der Waals surface area (Å²) in [5.41, 5.74) is 10.0. The number of aryl methyl sites for hydroxylation is 1. The van der Waals surface area contributed by atoms with Crippen LogP contribution in [0, 0.1) is 6.92 Å². The van der Waals surface area contributed by atoms with Crippen molar-refractivity contribution in [2.45, 2.75) is 33.2 Å². The number of nitrogens with zero attached hydrogens (tertiary/aromatic N) is 2. The number of nitrogens with one attached hydrogen (secondary N) is 1. The molecule has 0 spiro atoms. The van der Waals surface area contributed by atoms with Gasteiger partial charge in [-0.2, -0.15) is 0 Å². The lowest BCUT2D eigenvalue weighted by Crippen LogP contribution is -2.14. The second-order valence-corrected chi connectivity index (χ2v) is 7.16. The third-order valence-electron chi connectivity index (χ3n) is 4.14. The molecular weight excluding hydrogens is 332 g/mol. The number of anilines is 1. The monoisotopic (exact) mass is 354 g/mol. The summed E-state index contributed by atoms with van der Waals surface area (Å²) in [6.07, 6.45) is 3.19. The molecule has 2 aromatic heterocycles. The molecule has 0 saturated carbocycles. The number of benzene rings is 1. The number of aldehydes is 1. The van der Waals surface area contributed by atoms with Crippen molar-refractivity contribution < 1.29 is 4.79 Å². The predicted octanol–water partition coefficient (Wildman–Crippen LogP) is 3.95. The minimum atomic E-state index is 0.229. The molecule has 0 unspecified atom stereocenters. The molecule has 0 saturated heterocycles. The summed E-state index contributed by atoms with van der Waals surface area (Å²) in [6.45, 7) is 6.07. The maximum atomic E-state index is 11.1. The Labute approximate surface area is 151 Å². The van der Waals surface area contributed by atoms with Crippen LogP contribution in [0.5, 0.6) is 0 Å². The molecule has 0 aliphatic carbocycles. The largest absolute Gasteiger partial charge is 0.368 e. The van der Waals surface area contributed by atoms with Gasteiger partial charge < -0.3 is 11.1 Å². The minimum absolute atomic E-state index is 0.229. The highest BCUT2D eigenvalue weighted by molar-refractivity contribution is 7.20. The van der Waals surface area contributed by atoms with Gasteiger partial charge in [0.1, 0.15) is 4.83 Å². The standard InChI is InChI=1S/C19H22N4OS/c1-3-4-7-21-10-13-6-5-12(2)15(8-13)17-16-9-14(11-24)25-18(16)23-19(20)22-17/h5-6,8-9,11,21H,3-4,7,10H2,1-2H3,(H2,20,22,23). The molecule has 0 fully saturated rings. The Morgan fingerprint density at radius 2 is 2.12 bits per heavy atom. The highest BCUT2D eigenvalue weighted by atomic mass is 32.1.